The molecule has 5 nitrogen and oxygen atoms in total. The molecule has 3 N–H and O–H groups in total. The second-order valence-electron chi connectivity index (χ2n) is 6.23. The maximum absolute atomic E-state index is 13.0. The Morgan fingerprint density at radius 3 is 2.20 bits per heavy atom. The van der Waals surface area contributed by atoms with Crippen LogP contribution in [0.4, 0.5) is 18.9 Å². The predicted octanol–water partition coefficient (Wildman–Crippen LogP) is 4.93. The van der Waals surface area contributed by atoms with Gasteiger partial charge in [-0.25, -0.2) is 8.42 Å². The summed E-state index contributed by atoms with van der Waals surface area (Å²) in [5.41, 5.74) is 4.79. The van der Waals surface area contributed by atoms with Crippen molar-refractivity contribution < 1.29 is 26.4 Å². The van der Waals surface area contributed by atoms with Crippen molar-refractivity contribution in [1.82, 2.24) is 0 Å². The predicted molar refractivity (Wildman–Crippen MR) is 108 cm³/mol. The van der Waals surface area contributed by atoms with Gasteiger partial charge in [-0.1, -0.05) is 41.9 Å². The number of benzene rings is 3. The molecule has 0 saturated heterocycles. The van der Waals surface area contributed by atoms with Gasteiger partial charge in [0.2, 0.25) is 0 Å². The summed E-state index contributed by atoms with van der Waals surface area (Å²) in [6, 6.07) is 14.0. The number of carbonyl (C=O) groups is 1. The monoisotopic (exact) mass is 454 g/mol. The van der Waals surface area contributed by atoms with E-state index in [0.717, 1.165) is 18.2 Å². The van der Waals surface area contributed by atoms with Gasteiger partial charge >= 0.3 is 6.18 Å². The van der Waals surface area contributed by atoms with E-state index in [-0.39, 0.29) is 11.3 Å². The topological polar surface area (TPSA) is 89.3 Å². The molecule has 0 aromatic heterocycles. The van der Waals surface area contributed by atoms with Gasteiger partial charge in [0.05, 0.1) is 21.7 Å². The summed E-state index contributed by atoms with van der Waals surface area (Å²) in [6.07, 6.45) is -4.72. The van der Waals surface area contributed by atoms with Crippen LogP contribution >= 0.6 is 11.6 Å². The summed E-state index contributed by atoms with van der Waals surface area (Å²) < 4.78 is 66.9. The summed E-state index contributed by atoms with van der Waals surface area (Å²) in [7, 11) is -4.47. The first-order valence-electron chi connectivity index (χ1n) is 8.38. The number of carbonyl (C=O) groups excluding carboxylic acids is 1. The fourth-order valence-corrected chi connectivity index (χ4v) is 4.04. The second-order valence-corrected chi connectivity index (χ2v) is 8.35. The van der Waals surface area contributed by atoms with Crippen LogP contribution < -0.4 is 10.5 Å². The Morgan fingerprint density at radius 2 is 1.60 bits per heavy atom. The van der Waals surface area contributed by atoms with Crippen molar-refractivity contribution in [1.29, 1.82) is 0 Å². The van der Waals surface area contributed by atoms with Gasteiger partial charge < -0.3 is 5.73 Å². The summed E-state index contributed by atoms with van der Waals surface area (Å²) in [5.74, 6) is -0.910. The highest BCUT2D eigenvalue weighted by molar-refractivity contribution is 7.92. The van der Waals surface area contributed by atoms with E-state index in [1.165, 1.54) is 12.1 Å². The number of alkyl halides is 3. The Bertz CT molecular complexity index is 1210. The van der Waals surface area contributed by atoms with Crippen LogP contribution in [0.25, 0.3) is 11.1 Å². The number of halogens is 4. The molecule has 1 amide bonds. The number of sulfonamides is 1. The summed E-state index contributed by atoms with van der Waals surface area (Å²) in [5, 5.41) is 0.441. The fourth-order valence-electron chi connectivity index (χ4n) is 2.77. The lowest BCUT2D eigenvalue weighted by Crippen LogP contribution is -2.20. The first-order chi connectivity index (χ1) is 14.0. The molecule has 0 heterocycles. The maximum atomic E-state index is 13.0. The third-order valence-electron chi connectivity index (χ3n) is 4.19. The van der Waals surface area contributed by atoms with Gasteiger partial charge in [0, 0.05) is 10.6 Å². The van der Waals surface area contributed by atoms with Gasteiger partial charge in [-0.2, -0.15) is 13.2 Å². The van der Waals surface area contributed by atoms with E-state index in [9.17, 15) is 26.4 Å². The van der Waals surface area contributed by atoms with E-state index in [2.05, 4.69) is 4.72 Å². The molecule has 3 aromatic carbocycles. The number of nitrogens with two attached hydrogens (primary N) is 1. The standard InChI is InChI=1S/C20H14ClF3N2O3S/c21-14-9-7-12(8-10-14)16-5-2-6-17(19(25)27)18(16)26-30(28,29)15-4-1-3-13(11-15)20(22,23)24/h1-11,26H,(H2,25,27). The molecule has 0 aliphatic carbocycles. The van der Waals surface area contributed by atoms with Crippen molar-refractivity contribution in [3.63, 3.8) is 0 Å². The van der Waals surface area contributed by atoms with Crippen LogP contribution in [0.2, 0.25) is 5.02 Å². The molecule has 3 aromatic rings. The Hall–Kier alpha value is -3.04. The molecule has 0 atom stereocenters. The number of anilines is 1. The molecule has 30 heavy (non-hydrogen) atoms. The zero-order valence-electron chi connectivity index (χ0n) is 15.1. The second kappa shape index (κ2) is 8.00. The van der Waals surface area contributed by atoms with Crippen LogP contribution in [0.15, 0.2) is 71.6 Å². The largest absolute Gasteiger partial charge is 0.416 e. The highest BCUT2D eigenvalue weighted by Crippen LogP contribution is 2.35. The first kappa shape index (κ1) is 21.7. The first-order valence-corrected chi connectivity index (χ1v) is 10.2. The van der Waals surface area contributed by atoms with Gasteiger partial charge in [0.15, 0.2) is 0 Å². The number of nitrogens with one attached hydrogen (secondary N) is 1. The van der Waals surface area contributed by atoms with E-state index in [0.29, 0.717) is 22.2 Å². The van der Waals surface area contributed by atoms with Crippen LogP contribution in [-0.4, -0.2) is 14.3 Å². The Morgan fingerprint density at radius 1 is 0.967 bits per heavy atom. The highest BCUT2D eigenvalue weighted by Gasteiger charge is 2.32. The lowest BCUT2D eigenvalue weighted by Gasteiger charge is -2.16. The molecule has 0 unspecified atom stereocenters. The average Bonchev–Trinajstić information content (AvgIpc) is 2.68. The number of hydrogen-bond acceptors (Lipinski definition) is 3. The number of hydrogen-bond donors (Lipinski definition) is 2. The Labute approximate surface area is 175 Å². The minimum atomic E-state index is -4.72. The molecule has 3 rings (SSSR count). The SMILES string of the molecule is NC(=O)c1cccc(-c2ccc(Cl)cc2)c1NS(=O)(=O)c1cccc(C(F)(F)F)c1. The average molecular weight is 455 g/mol. The Kier molecular flexibility index (Phi) is 5.78. The molecule has 0 spiro atoms. The zero-order chi connectivity index (χ0) is 22.1. The highest BCUT2D eigenvalue weighted by atomic mass is 35.5. The van der Waals surface area contributed by atoms with E-state index >= 15 is 0 Å². The maximum Gasteiger partial charge on any atom is 0.416 e. The molecule has 10 heteroatoms. The molecule has 0 aliphatic heterocycles. The van der Waals surface area contributed by atoms with E-state index in [1.54, 1.807) is 30.3 Å². The van der Waals surface area contributed by atoms with Crippen LogP contribution in [0.1, 0.15) is 15.9 Å². The molecule has 0 fully saturated rings. The molecular formula is C20H14ClF3N2O3S. The molecule has 156 valence electrons. The summed E-state index contributed by atoms with van der Waals surface area (Å²) in [6.45, 7) is 0. The van der Waals surface area contributed by atoms with E-state index < -0.39 is 32.6 Å². The van der Waals surface area contributed by atoms with Crippen LogP contribution in [-0.2, 0) is 16.2 Å². The van der Waals surface area contributed by atoms with Crippen LogP contribution in [0.5, 0.6) is 0 Å². The van der Waals surface area contributed by atoms with Crippen molar-refractivity contribution in [2.75, 3.05) is 4.72 Å². The van der Waals surface area contributed by atoms with Gasteiger partial charge in [0.1, 0.15) is 0 Å². The quantitative estimate of drug-likeness (QED) is 0.573. The number of primary amides is 1. The zero-order valence-corrected chi connectivity index (χ0v) is 16.6. The number of rotatable bonds is 5. The smallest absolute Gasteiger partial charge is 0.366 e. The van der Waals surface area contributed by atoms with E-state index in [1.807, 2.05) is 0 Å². The molecule has 0 saturated carbocycles. The fraction of sp³-hybridized carbons (Fsp3) is 0.0500. The lowest BCUT2D eigenvalue weighted by atomic mass is 10.00. The molecule has 0 radical (unpaired) electrons. The van der Waals surface area contributed by atoms with Gasteiger partial charge in [0.25, 0.3) is 15.9 Å². The lowest BCUT2D eigenvalue weighted by molar-refractivity contribution is -0.137. The van der Waals surface area contributed by atoms with Crippen molar-refractivity contribution in [3.8, 4) is 11.1 Å². The van der Waals surface area contributed by atoms with Gasteiger partial charge in [-0.05, 0) is 42.0 Å². The van der Waals surface area contributed by atoms with Gasteiger partial charge in [-0.3, -0.25) is 9.52 Å². The van der Waals surface area contributed by atoms with E-state index in [4.69, 9.17) is 17.3 Å². The van der Waals surface area contributed by atoms with Crippen LogP contribution in [0.3, 0.4) is 0 Å². The normalized spacial score (nSPS) is 11.9. The minimum Gasteiger partial charge on any atom is -0.366 e. The van der Waals surface area contributed by atoms with Crippen LogP contribution in [0, 0.1) is 0 Å². The molecular weight excluding hydrogens is 441 g/mol. The summed E-state index contributed by atoms with van der Waals surface area (Å²) in [4.78, 5) is 11.3. The molecule has 0 aliphatic rings. The minimum absolute atomic E-state index is 0.141. The van der Waals surface area contributed by atoms with Crippen molar-refractivity contribution in [2.45, 2.75) is 11.1 Å². The van der Waals surface area contributed by atoms with Crippen molar-refractivity contribution >= 4 is 33.2 Å². The summed E-state index contributed by atoms with van der Waals surface area (Å²) >= 11 is 5.88. The third kappa shape index (κ3) is 4.58. The number of amides is 1. The van der Waals surface area contributed by atoms with Gasteiger partial charge in [-0.15, -0.1) is 0 Å². The van der Waals surface area contributed by atoms with Crippen molar-refractivity contribution in [2.24, 2.45) is 5.73 Å². The molecule has 0 bridgehead atoms. The number of para-hydroxylation sites is 1. The Balaban J connectivity index is 2.13. The van der Waals surface area contributed by atoms with Crippen molar-refractivity contribution in [3.05, 3.63) is 82.9 Å². The third-order valence-corrected chi connectivity index (χ3v) is 5.79.